The van der Waals surface area contributed by atoms with Gasteiger partial charge in [0, 0.05) is 13.2 Å². The van der Waals surface area contributed by atoms with Crippen LogP contribution in [0.15, 0.2) is 0 Å². The molecule has 322 valence electrons. The number of rotatable bonds is 34. The van der Waals surface area contributed by atoms with Gasteiger partial charge in [-0.3, -0.25) is 0 Å². The molecule has 0 saturated carbocycles. The highest BCUT2D eigenvalue weighted by molar-refractivity contribution is 4.91. The smallest absolute Gasteiger partial charge is 0.186 e. The topological polar surface area (TPSA) is 197 Å². The van der Waals surface area contributed by atoms with Crippen LogP contribution in [0.3, 0.4) is 0 Å². The second kappa shape index (κ2) is 31.5. The minimum Gasteiger partial charge on any atom is -0.394 e. The molecule has 2 saturated heterocycles. The summed E-state index contributed by atoms with van der Waals surface area (Å²) >= 11 is 0. The van der Waals surface area contributed by atoms with Gasteiger partial charge in [-0.15, -0.1) is 0 Å². The van der Waals surface area contributed by atoms with Crippen LogP contribution in [0.4, 0.5) is 0 Å². The van der Waals surface area contributed by atoms with Crippen LogP contribution < -0.4 is 0 Å². The second-order valence-corrected chi connectivity index (χ2v) is 15.5. The summed E-state index contributed by atoms with van der Waals surface area (Å²) in [4.78, 5) is 0. The van der Waals surface area contributed by atoms with Crippen molar-refractivity contribution in [2.75, 3.05) is 39.6 Å². The van der Waals surface area contributed by atoms with Crippen molar-refractivity contribution in [3.8, 4) is 0 Å². The Kier molecular flexibility index (Phi) is 28.9. The first-order valence-electron chi connectivity index (χ1n) is 21.7. The van der Waals surface area contributed by atoms with Crippen LogP contribution in [0.5, 0.6) is 0 Å². The van der Waals surface area contributed by atoms with Gasteiger partial charge in [0.05, 0.1) is 26.4 Å². The Morgan fingerprint density at radius 2 is 0.852 bits per heavy atom. The maximum absolute atomic E-state index is 10.7. The number of ether oxygens (including phenoxy) is 6. The Morgan fingerprint density at radius 1 is 0.444 bits per heavy atom. The van der Waals surface area contributed by atoms with Gasteiger partial charge in [-0.05, 0) is 12.8 Å². The Morgan fingerprint density at radius 3 is 1.33 bits per heavy atom. The number of hydrogen-bond acceptors (Lipinski definition) is 13. The average molecular weight is 781 g/mol. The van der Waals surface area contributed by atoms with Gasteiger partial charge in [-0.2, -0.15) is 0 Å². The Hall–Kier alpha value is -0.520. The molecule has 0 aromatic carbocycles. The number of unbranched alkanes of at least 4 members (excludes halogenated alkanes) is 20. The molecular weight excluding hydrogens is 700 g/mol. The molecule has 13 heteroatoms. The summed E-state index contributed by atoms with van der Waals surface area (Å²) in [5.41, 5.74) is 0. The van der Waals surface area contributed by atoms with E-state index in [4.69, 9.17) is 28.4 Å². The minimum atomic E-state index is -1.64. The van der Waals surface area contributed by atoms with Crippen LogP contribution >= 0.6 is 0 Å². The Bertz CT molecular complexity index is 854. The van der Waals surface area contributed by atoms with Crippen molar-refractivity contribution >= 4 is 0 Å². The molecule has 0 aliphatic carbocycles. The number of aliphatic hydroxyl groups excluding tert-OH is 7. The molecule has 2 heterocycles. The van der Waals surface area contributed by atoms with Gasteiger partial charge in [0.2, 0.25) is 0 Å². The monoisotopic (exact) mass is 781 g/mol. The first kappa shape index (κ1) is 49.6. The van der Waals surface area contributed by atoms with Crippen molar-refractivity contribution in [3.63, 3.8) is 0 Å². The van der Waals surface area contributed by atoms with Crippen LogP contribution in [-0.4, -0.2) is 143 Å². The van der Waals surface area contributed by atoms with Gasteiger partial charge in [0.1, 0.15) is 54.9 Å². The maximum atomic E-state index is 10.7. The summed E-state index contributed by atoms with van der Waals surface area (Å²) in [6.07, 6.45) is 12.2. The van der Waals surface area contributed by atoms with Gasteiger partial charge >= 0.3 is 0 Å². The summed E-state index contributed by atoms with van der Waals surface area (Å²) in [5.74, 6) is 0. The van der Waals surface area contributed by atoms with E-state index in [0.29, 0.717) is 19.8 Å². The lowest BCUT2D eigenvalue weighted by molar-refractivity contribution is -0.333. The number of hydrogen-bond donors (Lipinski definition) is 7. The average Bonchev–Trinajstić information content (AvgIpc) is 3.17. The molecule has 0 aromatic rings. The summed E-state index contributed by atoms with van der Waals surface area (Å²) in [5, 5.41) is 71.7. The molecule has 54 heavy (non-hydrogen) atoms. The van der Waals surface area contributed by atoms with Crippen LogP contribution in [0.25, 0.3) is 0 Å². The maximum Gasteiger partial charge on any atom is 0.186 e. The Labute approximate surface area is 326 Å². The van der Waals surface area contributed by atoms with E-state index < -0.39 is 80.7 Å². The normalized spacial score (nSPS) is 29.5. The van der Waals surface area contributed by atoms with Crippen LogP contribution in [0, 0.1) is 0 Å². The van der Waals surface area contributed by atoms with E-state index in [9.17, 15) is 35.7 Å². The molecule has 2 rings (SSSR count). The van der Waals surface area contributed by atoms with Crippen molar-refractivity contribution < 1.29 is 64.2 Å². The zero-order chi connectivity index (χ0) is 39.4. The lowest BCUT2D eigenvalue weighted by Crippen LogP contribution is -2.61. The molecule has 2 fully saturated rings. The molecule has 0 aromatic heterocycles. The van der Waals surface area contributed by atoms with Crippen molar-refractivity contribution in [2.45, 2.75) is 223 Å². The molecule has 0 bridgehead atoms. The largest absolute Gasteiger partial charge is 0.394 e. The third-order valence-corrected chi connectivity index (χ3v) is 10.7. The molecule has 13 nitrogen and oxygen atoms in total. The quantitative estimate of drug-likeness (QED) is 0.0446. The predicted octanol–water partition coefficient (Wildman–Crippen LogP) is 4.65. The van der Waals surface area contributed by atoms with Crippen molar-refractivity contribution in [1.29, 1.82) is 0 Å². The van der Waals surface area contributed by atoms with Crippen molar-refractivity contribution in [1.82, 2.24) is 0 Å². The van der Waals surface area contributed by atoms with Crippen LogP contribution in [0.2, 0.25) is 0 Å². The molecule has 0 radical (unpaired) electrons. The van der Waals surface area contributed by atoms with Crippen LogP contribution in [-0.2, 0) is 28.4 Å². The summed E-state index contributed by atoms with van der Waals surface area (Å²) in [6, 6.07) is 0. The zero-order valence-corrected chi connectivity index (χ0v) is 33.7. The predicted molar refractivity (Wildman–Crippen MR) is 206 cm³/mol. The molecule has 2 aliphatic heterocycles. The lowest BCUT2D eigenvalue weighted by Gasteiger charge is -2.42. The molecule has 0 spiro atoms. The van der Waals surface area contributed by atoms with Crippen LogP contribution in [0.1, 0.15) is 155 Å². The standard InChI is InChI=1S/C41H80O13/c1-3-5-7-9-11-13-15-16-17-19-21-23-25-49-28-31(50-26-24-22-20-18-14-12-10-8-6-4-2)29-51-40-39(48)37(46)35(44)33(54-40)30-52-41-38(47)36(45)34(43)32(27-42)53-41/h31-48H,3-30H2,1-2H3. The molecule has 2 aliphatic rings. The van der Waals surface area contributed by atoms with Gasteiger partial charge in [-0.1, -0.05) is 142 Å². The van der Waals surface area contributed by atoms with Crippen molar-refractivity contribution in [2.24, 2.45) is 0 Å². The third-order valence-electron chi connectivity index (χ3n) is 10.7. The van der Waals surface area contributed by atoms with E-state index in [0.717, 1.165) is 25.7 Å². The molecule has 11 atom stereocenters. The summed E-state index contributed by atoms with van der Waals surface area (Å²) < 4.78 is 34.8. The van der Waals surface area contributed by atoms with E-state index in [-0.39, 0.29) is 6.61 Å². The van der Waals surface area contributed by atoms with E-state index in [1.807, 2.05) is 0 Å². The summed E-state index contributed by atoms with van der Waals surface area (Å²) in [7, 11) is 0. The first-order valence-corrected chi connectivity index (χ1v) is 21.7. The Balaban J connectivity index is 1.78. The van der Waals surface area contributed by atoms with Gasteiger partial charge in [0.15, 0.2) is 12.6 Å². The first-order chi connectivity index (χ1) is 26.2. The highest BCUT2D eigenvalue weighted by Crippen LogP contribution is 2.26. The van der Waals surface area contributed by atoms with Crippen molar-refractivity contribution in [3.05, 3.63) is 0 Å². The second-order valence-electron chi connectivity index (χ2n) is 15.5. The molecule has 7 N–H and O–H groups in total. The minimum absolute atomic E-state index is 0.0149. The SMILES string of the molecule is CCCCCCCCCCCCCCOCC(COC1OC(COC2OC(CO)C(O)C(O)C2O)C(O)C(O)C1O)OCCCCCCCCCCCC. The van der Waals surface area contributed by atoms with E-state index >= 15 is 0 Å². The van der Waals surface area contributed by atoms with E-state index in [1.54, 1.807) is 0 Å². The van der Waals surface area contributed by atoms with Gasteiger partial charge in [0.25, 0.3) is 0 Å². The summed E-state index contributed by atoms with van der Waals surface area (Å²) in [6.45, 7) is 4.90. The lowest BCUT2D eigenvalue weighted by atomic mass is 9.98. The highest BCUT2D eigenvalue weighted by atomic mass is 16.7. The molecule has 11 unspecified atom stereocenters. The number of aliphatic hydroxyl groups is 7. The fourth-order valence-corrected chi connectivity index (χ4v) is 7.03. The fourth-order valence-electron chi connectivity index (χ4n) is 7.03. The highest BCUT2D eigenvalue weighted by Gasteiger charge is 2.47. The van der Waals surface area contributed by atoms with E-state index in [1.165, 1.54) is 116 Å². The van der Waals surface area contributed by atoms with Gasteiger partial charge < -0.3 is 64.2 Å². The fraction of sp³-hybridized carbons (Fsp3) is 1.00. The van der Waals surface area contributed by atoms with E-state index in [2.05, 4.69) is 13.8 Å². The third kappa shape index (κ3) is 20.3. The zero-order valence-electron chi connectivity index (χ0n) is 33.7. The molecule has 0 amide bonds. The van der Waals surface area contributed by atoms with Gasteiger partial charge in [-0.25, -0.2) is 0 Å². The molecular formula is C41H80O13.